The predicted octanol–water partition coefficient (Wildman–Crippen LogP) is 3.20. The van der Waals surface area contributed by atoms with Crippen molar-refractivity contribution in [2.75, 3.05) is 69.8 Å². The van der Waals surface area contributed by atoms with Crippen LogP contribution >= 0.6 is 0 Å². The third kappa shape index (κ3) is 13.6. The van der Waals surface area contributed by atoms with Crippen LogP contribution in [-0.2, 0) is 20.2 Å². The summed E-state index contributed by atoms with van der Waals surface area (Å²) in [6.45, 7) is 3.63. The molecule has 0 radical (unpaired) electrons. The van der Waals surface area contributed by atoms with Crippen LogP contribution in [0.1, 0.15) is 19.8 Å². The number of nitrogens with zero attached hydrogens (tertiary/aromatic N) is 1. The van der Waals surface area contributed by atoms with Crippen LogP contribution in [0.15, 0.2) is 36.4 Å². The van der Waals surface area contributed by atoms with E-state index in [-0.39, 0.29) is 11.5 Å². The molecule has 0 spiro atoms. The highest BCUT2D eigenvalue weighted by atomic mass is 32.2. The number of nitrogens with one attached hydrogen (secondary N) is 1. The zero-order valence-corrected chi connectivity index (χ0v) is 24.0. The number of hydrogen-bond donors (Lipinski definition) is 3. The molecule has 3 N–H and O–H groups in total. The highest BCUT2D eigenvalue weighted by Crippen LogP contribution is 2.28. The van der Waals surface area contributed by atoms with Crippen LogP contribution < -0.4 is 29.2 Å². The van der Waals surface area contributed by atoms with Gasteiger partial charge in [-0.3, -0.25) is 9.11 Å². The standard InChI is InChI=1S/C13H21NO5S.C11H17NO5S/c1-4-14(6-5-7-20(15,16)17)11-8-12(18-2)10-13(9-11)19-3;1-16-10-6-9(7-11(8-10)17-2)12-4-3-5-18(13,14)15/h8-10H,4-7H2,1-3H3,(H,15,16,17);6-8,12H,3-5H2,1-2H3,(H,13,14,15). The topological polar surface area (TPSA) is 161 Å². The highest BCUT2D eigenvalue weighted by molar-refractivity contribution is 7.86. The fourth-order valence-corrected chi connectivity index (χ4v) is 4.28. The van der Waals surface area contributed by atoms with E-state index >= 15 is 0 Å². The molecule has 0 unspecified atom stereocenters. The minimum atomic E-state index is -3.91. The number of anilines is 2. The van der Waals surface area contributed by atoms with Gasteiger partial charge in [-0.05, 0) is 19.8 Å². The molecule has 2 aromatic rings. The van der Waals surface area contributed by atoms with E-state index in [2.05, 4.69) is 5.32 Å². The van der Waals surface area contributed by atoms with Crippen molar-refractivity contribution in [3.8, 4) is 23.0 Å². The van der Waals surface area contributed by atoms with E-state index in [1.165, 1.54) is 0 Å². The second-order valence-electron chi connectivity index (χ2n) is 7.96. The second-order valence-corrected chi connectivity index (χ2v) is 11.1. The van der Waals surface area contributed by atoms with Gasteiger partial charge in [0.2, 0.25) is 0 Å². The summed E-state index contributed by atoms with van der Waals surface area (Å²) in [5, 5.41) is 3.03. The smallest absolute Gasteiger partial charge is 0.264 e. The van der Waals surface area contributed by atoms with Gasteiger partial charge in [-0.1, -0.05) is 0 Å². The van der Waals surface area contributed by atoms with Gasteiger partial charge in [0.25, 0.3) is 20.2 Å². The molecule has 0 aliphatic carbocycles. The van der Waals surface area contributed by atoms with E-state index in [4.69, 9.17) is 28.1 Å². The normalized spacial score (nSPS) is 11.1. The van der Waals surface area contributed by atoms with Crippen molar-refractivity contribution in [1.29, 1.82) is 0 Å². The number of rotatable bonds is 15. The van der Waals surface area contributed by atoms with Gasteiger partial charge in [0.05, 0.1) is 39.9 Å². The molecule has 12 nitrogen and oxygen atoms in total. The summed E-state index contributed by atoms with van der Waals surface area (Å²) in [5.74, 6) is 2.13. The van der Waals surface area contributed by atoms with Crippen LogP contribution in [0, 0.1) is 0 Å². The maximum Gasteiger partial charge on any atom is 0.264 e. The minimum absolute atomic E-state index is 0.245. The lowest BCUT2D eigenvalue weighted by Gasteiger charge is -2.24. The van der Waals surface area contributed by atoms with Crippen molar-refractivity contribution >= 4 is 31.6 Å². The largest absolute Gasteiger partial charge is 0.497 e. The second kappa shape index (κ2) is 16.1. The molecule has 0 atom stereocenters. The van der Waals surface area contributed by atoms with Gasteiger partial charge in [-0.2, -0.15) is 16.8 Å². The maximum absolute atomic E-state index is 10.7. The summed E-state index contributed by atoms with van der Waals surface area (Å²) in [7, 11) is -1.55. The fraction of sp³-hybridized carbons (Fsp3) is 0.500. The molecule has 0 saturated carbocycles. The van der Waals surface area contributed by atoms with E-state index < -0.39 is 20.2 Å². The summed E-state index contributed by atoms with van der Waals surface area (Å²) in [6.07, 6.45) is 0.671. The van der Waals surface area contributed by atoms with E-state index in [1.807, 2.05) is 24.0 Å². The fourth-order valence-electron chi connectivity index (χ4n) is 3.28. The molecule has 0 saturated heterocycles. The minimum Gasteiger partial charge on any atom is -0.497 e. The lowest BCUT2D eigenvalue weighted by molar-refractivity contribution is 0.394. The molecule has 14 heteroatoms. The van der Waals surface area contributed by atoms with Crippen molar-refractivity contribution in [1.82, 2.24) is 0 Å². The van der Waals surface area contributed by atoms with Gasteiger partial charge >= 0.3 is 0 Å². The van der Waals surface area contributed by atoms with Crippen LogP contribution in [0.3, 0.4) is 0 Å². The Morgan fingerprint density at radius 1 is 0.711 bits per heavy atom. The van der Waals surface area contributed by atoms with Crippen LogP contribution in [0.25, 0.3) is 0 Å². The first-order valence-corrected chi connectivity index (χ1v) is 14.9. The van der Waals surface area contributed by atoms with Gasteiger partial charge in [0, 0.05) is 67.4 Å². The zero-order valence-electron chi connectivity index (χ0n) is 22.3. The summed E-state index contributed by atoms with van der Waals surface area (Å²) < 4.78 is 80.5. The van der Waals surface area contributed by atoms with Crippen molar-refractivity contribution in [3.05, 3.63) is 36.4 Å². The Bertz CT molecular complexity index is 1160. The summed E-state index contributed by atoms with van der Waals surface area (Å²) in [4.78, 5) is 2.00. The van der Waals surface area contributed by atoms with Crippen LogP contribution in [0.5, 0.6) is 23.0 Å². The van der Waals surface area contributed by atoms with Gasteiger partial charge in [-0.25, -0.2) is 0 Å². The first kappa shape index (κ1) is 33.1. The molecule has 0 aromatic heterocycles. The van der Waals surface area contributed by atoms with Crippen LogP contribution in [0.2, 0.25) is 0 Å². The lowest BCUT2D eigenvalue weighted by Crippen LogP contribution is -2.25. The van der Waals surface area contributed by atoms with Crippen LogP contribution in [0.4, 0.5) is 11.4 Å². The predicted molar refractivity (Wildman–Crippen MR) is 148 cm³/mol. The van der Waals surface area contributed by atoms with E-state index in [1.54, 1.807) is 52.7 Å². The first-order chi connectivity index (χ1) is 17.8. The molecule has 0 amide bonds. The molecule has 2 rings (SSSR count). The summed E-state index contributed by atoms with van der Waals surface area (Å²) in [5.41, 5.74) is 1.65. The number of ether oxygens (including phenoxy) is 4. The Balaban J connectivity index is 0.000000382. The quantitative estimate of drug-likeness (QED) is 0.209. The molecule has 0 fully saturated rings. The lowest BCUT2D eigenvalue weighted by atomic mass is 10.2. The molecule has 0 aliphatic rings. The number of benzene rings is 2. The SMILES string of the molecule is CCN(CCCS(=O)(=O)O)c1cc(OC)cc(OC)c1.COc1cc(NCCCS(=O)(=O)O)cc(OC)c1. The van der Waals surface area contributed by atoms with E-state index in [0.29, 0.717) is 55.5 Å². The Hall–Kier alpha value is -2.94. The molecule has 0 bridgehead atoms. The molecular weight excluding hydrogens is 540 g/mol. The van der Waals surface area contributed by atoms with Gasteiger partial charge in [-0.15, -0.1) is 0 Å². The molecule has 0 aliphatic heterocycles. The summed E-state index contributed by atoms with van der Waals surface area (Å²) in [6, 6.07) is 10.8. The van der Waals surface area contributed by atoms with Gasteiger partial charge in [0.1, 0.15) is 23.0 Å². The molecular formula is C24H38N2O10S2. The molecule has 0 heterocycles. The average molecular weight is 579 g/mol. The van der Waals surface area contributed by atoms with E-state index in [9.17, 15) is 16.8 Å². The van der Waals surface area contributed by atoms with Crippen molar-refractivity contribution in [3.63, 3.8) is 0 Å². The van der Waals surface area contributed by atoms with Crippen molar-refractivity contribution in [2.45, 2.75) is 19.8 Å². The maximum atomic E-state index is 10.7. The highest BCUT2D eigenvalue weighted by Gasteiger charge is 2.11. The van der Waals surface area contributed by atoms with Gasteiger partial charge < -0.3 is 29.2 Å². The van der Waals surface area contributed by atoms with Crippen LogP contribution in [-0.4, -0.2) is 85.5 Å². The molecule has 216 valence electrons. The molecule has 2 aromatic carbocycles. The Kier molecular flexibility index (Phi) is 14.0. The Morgan fingerprint density at radius 2 is 1.13 bits per heavy atom. The number of methoxy groups -OCH3 is 4. The Labute approximate surface area is 225 Å². The average Bonchev–Trinajstić information content (AvgIpc) is 2.87. The van der Waals surface area contributed by atoms with Gasteiger partial charge in [0.15, 0.2) is 0 Å². The zero-order chi connectivity index (χ0) is 28.8. The third-order valence-electron chi connectivity index (χ3n) is 5.17. The monoisotopic (exact) mass is 578 g/mol. The van der Waals surface area contributed by atoms with Crippen molar-refractivity contribution in [2.24, 2.45) is 0 Å². The van der Waals surface area contributed by atoms with Crippen molar-refractivity contribution < 1.29 is 44.9 Å². The van der Waals surface area contributed by atoms with E-state index in [0.717, 1.165) is 11.4 Å². The third-order valence-corrected chi connectivity index (χ3v) is 6.78. The molecule has 38 heavy (non-hydrogen) atoms. The number of hydrogen-bond acceptors (Lipinski definition) is 10. The summed E-state index contributed by atoms with van der Waals surface area (Å²) >= 11 is 0. The Morgan fingerprint density at radius 3 is 1.53 bits per heavy atom. The first-order valence-electron chi connectivity index (χ1n) is 11.7.